The van der Waals surface area contributed by atoms with Crippen molar-refractivity contribution in [2.45, 2.75) is 37.4 Å². The molecule has 1 unspecified atom stereocenters. The fourth-order valence-electron chi connectivity index (χ4n) is 3.35. The molecule has 1 aromatic rings. The lowest BCUT2D eigenvalue weighted by Gasteiger charge is -2.34. The van der Waals surface area contributed by atoms with Crippen molar-refractivity contribution in [2.24, 2.45) is 0 Å². The number of piperazine rings is 1. The Hall–Kier alpha value is -1.58. The molecule has 2 saturated heterocycles. The molecule has 2 N–H and O–H groups in total. The number of amides is 2. The molecule has 2 aliphatic rings. The number of halogens is 1. The Balaban J connectivity index is 1.54. The Labute approximate surface area is 174 Å². The second-order valence-electron chi connectivity index (χ2n) is 6.95. The van der Waals surface area contributed by atoms with Crippen LogP contribution >= 0.6 is 23.4 Å². The Morgan fingerprint density at radius 3 is 2.86 bits per heavy atom. The largest absolute Gasteiger partial charge is 0.354 e. The minimum Gasteiger partial charge on any atom is -0.354 e. The molecule has 1 atom stereocenters. The third-order valence-corrected chi connectivity index (χ3v) is 6.05. The fourth-order valence-corrected chi connectivity index (χ4v) is 4.24. The Bertz CT molecular complexity index is 699. The third kappa shape index (κ3) is 5.96. The number of hydrogen-bond acceptors (Lipinski definition) is 7. The van der Waals surface area contributed by atoms with Crippen molar-refractivity contribution in [3.63, 3.8) is 0 Å². The van der Waals surface area contributed by atoms with Gasteiger partial charge in [0.05, 0.1) is 5.75 Å². The Morgan fingerprint density at radius 1 is 1.32 bits per heavy atom. The van der Waals surface area contributed by atoms with E-state index in [0.29, 0.717) is 23.3 Å². The summed E-state index contributed by atoms with van der Waals surface area (Å²) in [6.45, 7) is 7.65. The van der Waals surface area contributed by atoms with E-state index in [1.165, 1.54) is 11.8 Å². The minimum absolute atomic E-state index is 0.108. The number of anilines is 1. The standard InChI is InChI=1S/C18H27ClN6O2S/c1-2-24-7-9-25(10-8-24)15-11-14(19)22-18(23-15)28-12-16(26)21-13-5-3-4-6-20-17(13)27/h11,13H,2-10,12H2,1H3,(H,20,27)(H,21,26). The van der Waals surface area contributed by atoms with E-state index in [1.54, 1.807) is 6.07 Å². The van der Waals surface area contributed by atoms with E-state index in [0.717, 1.165) is 51.4 Å². The van der Waals surface area contributed by atoms with Gasteiger partial charge in [-0.2, -0.15) is 0 Å². The molecule has 0 saturated carbocycles. The molecular weight excluding hydrogens is 400 g/mol. The van der Waals surface area contributed by atoms with Crippen molar-refractivity contribution in [1.82, 2.24) is 25.5 Å². The Morgan fingerprint density at radius 2 is 2.11 bits per heavy atom. The van der Waals surface area contributed by atoms with Gasteiger partial charge in [0.2, 0.25) is 11.8 Å². The van der Waals surface area contributed by atoms with E-state index in [1.807, 2.05) is 0 Å². The molecule has 0 spiro atoms. The molecule has 2 fully saturated rings. The van der Waals surface area contributed by atoms with Crippen molar-refractivity contribution in [3.8, 4) is 0 Å². The predicted molar refractivity (Wildman–Crippen MR) is 111 cm³/mol. The summed E-state index contributed by atoms with van der Waals surface area (Å²) in [6.07, 6.45) is 2.53. The van der Waals surface area contributed by atoms with Gasteiger partial charge >= 0.3 is 0 Å². The minimum atomic E-state index is -0.457. The number of carbonyl (C=O) groups excluding carboxylic acids is 2. The summed E-state index contributed by atoms with van der Waals surface area (Å²) >= 11 is 7.41. The number of rotatable bonds is 6. The second kappa shape index (κ2) is 10.3. The SMILES string of the molecule is CCN1CCN(c2cc(Cl)nc(SCC(=O)NC3CCCCNC3=O)n2)CC1. The molecule has 1 aromatic heterocycles. The van der Waals surface area contributed by atoms with Crippen LogP contribution in [0.25, 0.3) is 0 Å². The lowest BCUT2D eigenvalue weighted by Crippen LogP contribution is -2.46. The first kappa shape index (κ1) is 21.1. The van der Waals surface area contributed by atoms with Crippen LogP contribution in [0.5, 0.6) is 0 Å². The molecule has 2 amide bonds. The highest BCUT2D eigenvalue weighted by Gasteiger charge is 2.23. The summed E-state index contributed by atoms with van der Waals surface area (Å²) < 4.78 is 0. The normalized spacial score (nSPS) is 21.1. The van der Waals surface area contributed by atoms with Gasteiger partial charge in [0.25, 0.3) is 0 Å². The molecule has 8 nitrogen and oxygen atoms in total. The Kier molecular flexibility index (Phi) is 7.75. The summed E-state index contributed by atoms with van der Waals surface area (Å²) in [5, 5.41) is 6.47. The van der Waals surface area contributed by atoms with Crippen molar-refractivity contribution < 1.29 is 9.59 Å². The van der Waals surface area contributed by atoms with E-state index in [4.69, 9.17) is 11.6 Å². The van der Waals surface area contributed by atoms with Crippen LogP contribution in [0.2, 0.25) is 5.15 Å². The van der Waals surface area contributed by atoms with E-state index in [9.17, 15) is 9.59 Å². The molecular formula is C18H27ClN6O2S. The summed E-state index contributed by atoms with van der Waals surface area (Å²) in [4.78, 5) is 37.6. The highest BCUT2D eigenvalue weighted by Crippen LogP contribution is 2.23. The smallest absolute Gasteiger partial charge is 0.242 e. The molecule has 0 radical (unpaired) electrons. The zero-order valence-corrected chi connectivity index (χ0v) is 17.7. The molecule has 28 heavy (non-hydrogen) atoms. The van der Waals surface area contributed by atoms with Gasteiger partial charge in [-0.1, -0.05) is 30.3 Å². The average Bonchev–Trinajstić information content (AvgIpc) is 2.90. The van der Waals surface area contributed by atoms with Crippen LogP contribution in [-0.4, -0.2) is 77.7 Å². The van der Waals surface area contributed by atoms with Crippen LogP contribution in [0.1, 0.15) is 26.2 Å². The summed E-state index contributed by atoms with van der Waals surface area (Å²) in [5.41, 5.74) is 0. The first-order chi connectivity index (χ1) is 13.5. The quantitative estimate of drug-likeness (QED) is 0.400. The van der Waals surface area contributed by atoms with Crippen molar-refractivity contribution in [2.75, 3.05) is 49.9 Å². The molecule has 0 aliphatic carbocycles. The second-order valence-corrected chi connectivity index (χ2v) is 8.28. The maximum absolute atomic E-state index is 12.3. The number of likely N-dealkylation sites (N-methyl/N-ethyl adjacent to an activating group) is 1. The van der Waals surface area contributed by atoms with Gasteiger partial charge in [-0.15, -0.1) is 0 Å². The molecule has 154 valence electrons. The van der Waals surface area contributed by atoms with Crippen LogP contribution in [0.4, 0.5) is 5.82 Å². The number of thioether (sulfide) groups is 1. The fraction of sp³-hybridized carbons (Fsp3) is 0.667. The molecule has 0 bridgehead atoms. The van der Waals surface area contributed by atoms with Crippen LogP contribution in [-0.2, 0) is 9.59 Å². The molecule has 2 aliphatic heterocycles. The van der Waals surface area contributed by atoms with E-state index in [2.05, 4.69) is 37.3 Å². The highest BCUT2D eigenvalue weighted by atomic mass is 35.5. The van der Waals surface area contributed by atoms with Crippen molar-refractivity contribution in [1.29, 1.82) is 0 Å². The van der Waals surface area contributed by atoms with Gasteiger partial charge in [0, 0.05) is 38.8 Å². The number of hydrogen-bond donors (Lipinski definition) is 2. The number of nitrogens with one attached hydrogen (secondary N) is 2. The first-order valence-electron chi connectivity index (χ1n) is 9.77. The summed E-state index contributed by atoms with van der Waals surface area (Å²) in [5.74, 6) is 0.631. The third-order valence-electron chi connectivity index (χ3n) is 5.01. The van der Waals surface area contributed by atoms with Gasteiger partial charge in [0.15, 0.2) is 5.16 Å². The lowest BCUT2D eigenvalue weighted by molar-refractivity contribution is -0.127. The molecule has 10 heteroatoms. The van der Waals surface area contributed by atoms with Crippen LogP contribution in [0.3, 0.4) is 0 Å². The average molecular weight is 427 g/mol. The lowest BCUT2D eigenvalue weighted by atomic mass is 10.1. The molecule has 0 aromatic carbocycles. The number of nitrogens with zero attached hydrogens (tertiary/aromatic N) is 4. The molecule has 3 rings (SSSR count). The van der Waals surface area contributed by atoms with Crippen LogP contribution < -0.4 is 15.5 Å². The highest BCUT2D eigenvalue weighted by molar-refractivity contribution is 7.99. The van der Waals surface area contributed by atoms with Crippen molar-refractivity contribution >= 4 is 41.0 Å². The van der Waals surface area contributed by atoms with Crippen LogP contribution in [0, 0.1) is 0 Å². The van der Waals surface area contributed by atoms with Gasteiger partial charge in [-0.3, -0.25) is 9.59 Å². The monoisotopic (exact) mass is 426 g/mol. The van der Waals surface area contributed by atoms with Crippen molar-refractivity contribution in [3.05, 3.63) is 11.2 Å². The van der Waals surface area contributed by atoms with Gasteiger partial charge in [-0.05, 0) is 25.8 Å². The number of aromatic nitrogens is 2. The van der Waals surface area contributed by atoms with E-state index < -0.39 is 6.04 Å². The first-order valence-corrected chi connectivity index (χ1v) is 11.1. The maximum atomic E-state index is 12.3. The van der Waals surface area contributed by atoms with Gasteiger partial charge in [0.1, 0.15) is 17.0 Å². The van der Waals surface area contributed by atoms with Crippen LogP contribution in [0.15, 0.2) is 11.2 Å². The van der Waals surface area contributed by atoms with Gasteiger partial charge < -0.3 is 20.4 Å². The maximum Gasteiger partial charge on any atom is 0.242 e. The summed E-state index contributed by atoms with van der Waals surface area (Å²) in [7, 11) is 0. The zero-order chi connectivity index (χ0) is 19.9. The van der Waals surface area contributed by atoms with E-state index >= 15 is 0 Å². The zero-order valence-electron chi connectivity index (χ0n) is 16.1. The number of carbonyl (C=O) groups is 2. The predicted octanol–water partition coefficient (Wildman–Crippen LogP) is 1.15. The topological polar surface area (TPSA) is 90.5 Å². The molecule has 3 heterocycles. The van der Waals surface area contributed by atoms with Gasteiger partial charge in [-0.25, -0.2) is 9.97 Å². The van der Waals surface area contributed by atoms with E-state index in [-0.39, 0.29) is 17.6 Å². The summed E-state index contributed by atoms with van der Waals surface area (Å²) in [6, 6.07) is 1.31.